The van der Waals surface area contributed by atoms with Crippen molar-refractivity contribution in [2.45, 2.75) is 26.2 Å². The summed E-state index contributed by atoms with van der Waals surface area (Å²) in [5, 5.41) is 0. The van der Waals surface area contributed by atoms with Gasteiger partial charge in [0.2, 0.25) is 11.8 Å². The fourth-order valence-corrected chi connectivity index (χ4v) is 2.20. The van der Waals surface area contributed by atoms with E-state index in [9.17, 15) is 14.4 Å². The average molecular weight is 285 g/mol. The van der Waals surface area contributed by atoms with E-state index in [1.165, 1.54) is 0 Å². The second-order valence-electron chi connectivity index (χ2n) is 4.78. The van der Waals surface area contributed by atoms with Gasteiger partial charge in [-0.1, -0.05) is 0 Å². The molecule has 1 rings (SSSR count). The van der Waals surface area contributed by atoms with E-state index in [1.807, 2.05) is 4.90 Å². The molecule has 0 unspecified atom stereocenters. The van der Waals surface area contributed by atoms with Crippen LogP contribution in [0.5, 0.6) is 0 Å². The largest absolute Gasteiger partial charge is 0.466 e. The van der Waals surface area contributed by atoms with Crippen molar-refractivity contribution in [1.29, 1.82) is 0 Å². The third-order valence-electron chi connectivity index (χ3n) is 3.17. The van der Waals surface area contributed by atoms with Gasteiger partial charge in [-0.15, -0.1) is 0 Å². The molecule has 0 atom stereocenters. The van der Waals surface area contributed by atoms with Gasteiger partial charge in [-0.3, -0.25) is 19.3 Å². The molecule has 0 aliphatic carbocycles. The van der Waals surface area contributed by atoms with Crippen LogP contribution in [-0.2, 0) is 19.1 Å². The molecule has 1 heterocycles. The highest BCUT2D eigenvalue weighted by Gasteiger charge is 2.20. The van der Waals surface area contributed by atoms with Crippen LogP contribution in [-0.4, -0.2) is 66.9 Å². The Morgan fingerprint density at radius 1 is 1.10 bits per heavy atom. The predicted molar refractivity (Wildman–Crippen MR) is 72.7 cm³/mol. The Morgan fingerprint density at radius 2 is 1.85 bits per heavy atom. The van der Waals surface area contributed by atoms with Crippen molar-refractivity contribution in [2.24, 2.45) is 5.73 Å². The van der Waals surface area contributed by atoms with Crippen LogP contribution >= 0.6 is 0 Å². The Hall–Kier alpha value is -1.63. The number of hydrogen-bond donors (Lipinski definition) is 1. The molecule has 20 heavy (non-hydrogen) atoms. The quantitative estimate of drug-likeness (QED) is 0.655. The van der Waals surface area contributed by atoms with Crippen molar-refractivity contribution < 1.29 is 19.1 Å². The van der Waals surface area contributed by atoms with Gasteiger partial charge in [0.1, 0.15) is 0 Å². The zero-order chi connectivity index (χ0) is 15.0. The van der Waals surface area contributed by atoms with Crippen molar-refractivity contribution in [2.75, 3.05) is 39.3 Å². The lowest BCUT2D eigenvalue weighted by Crippen LogP contribution is -2.38. The molecule has 1 saturated heterocycles. The predicted octanol–water partition coefficient (Wildman–Crippen LogP) is -0.651. The summed E-state index contributed by atoms with van der Waals surface area (Å²) in [7, 11) is 0. The third kappa shape index (κ3) is 6.01. The topological polar surface area (TPSA) is 92.9 Å². The van der Waals surface area contributed by atoms with Crippen molar-refractivity contribution >= 4 is 17.8 Å². The molecule has 0 aromatic carbocycles. The fraction of sp³-hybridized carbons (Fsp3) is 0.769. The van der Waals surface area contributed by atoms with Gasteiger partial charge < -0.3 is 15.4 Å². The maximum absolute atomic E-state index is 12.0. The Morgan fingerprint density at radius 3 is 2.50 bits per heavy atom. The zero-order valence-corrected chi connectivity index (χ0v) is 12.0. The van der Waals surface area contributed by atoms with Gasteiger partial charge in [0, 0.05) is 32.6 Å². The molecule has 114 valence electrons. The summed E-state index contributed by atoms with van der Waals surface area (Å²) >= 11 is 0. The first-order chi connectivity index (χ1) is 9.52. The maximum Gasteiger partial charge on any atom is 0.306 e. The highest BCUT2D eigenvalue weighted by molar-refractivity contribution is 5.81. The standard InChI is InChI=1S/C13H23N3O4/c1-2-20-13(19)5-4-12(18)16-7-3-6-15(8-9-16)10-11(14)17/h2-10H2,1H3,(H2,14,17). The molecule has 2 amide bonds. The SMILES string of the molecule is CCOC(=O)CCC(=O)N1CCCN(CC(N)=O)CC1. The number of rotatable bonds is 6. The van der Waals surface area contributed by atoms with E-state index in [-0.39, 0.29) is 37.2 Å². The first kappa shape index (κ1) is 16.4. The van der Waals surface area contributed by atoms with Gasteiger partial charge in [-0.25, -0.2) is 0 Å². The number of esters is 1. The second kappa shape index (κ2) is 8.52. The Bertz CT molecular complexity index is 360. The molecule has 1 aliphatic rings. The second-order valence-corrected chi connectivity index (χ2v) is 4.78. The van der Waals surface area contributed by atoms with Gasteiger partial charge >= 0.3 is 5.97 Å². The molecule has 1 fully saturated rings. The van der Waals surface area contributed by atoms with Crippen LogP contribution in [0.4, 0.5) is 0 Å². The fourth-order valence-electron chi connectivity index (χ4n) is 2.20. The highest BCUT2D eigenvalue weighted by Crippen LogP contribution is 2.06. The van der Waals surface area contributed by atoms with Gasteiger partial charge in [0.25, 0.3) is 0 Å². The summed E-state index contributed by atoms with van der Waals surface area (Å²) in [6, 6.07) is 0. The maximum atomic E-state index is 12.0. The van der Waals surface area contributed by atoms with E-state index in [1.54, 1.807) is 11.8 Å². The van der Waals surface area contributed by atoms with Crippen LogP contribution in [0.3, 0.4) is 0 Å². The van der Waals surface area contributed by atoms with Gasteiger partial charge in [0.05, 0.1) is 19.6 Å². The summed E-state index contributed by atoms with van der Waals surface area (Å²) in [5.41, 5.74) is 5.17. The molecule has 7 heteroatoms. The van der Waals surface area contributed by atoms with Crippen molar-refractivity contribution in [1.82, 2.24) is 9.80 Å². The van der Waals surface area contributed by atoms with Crippen LogP contribution in [0.25, 0.3) is 0 Å². The van der Waals surface area contributed by atoms with Crippen LogP contribution in [0.1, 0.15) is 26.2 Å². The highest BCUT2D eigenvalue weighted by atomic mass is 16.5. The Labute approximate surface area is 119 Å². The Balaban J connectivity index is 2.34. The number of nitrogens with two attached hydrogens (primary N) is 1. The lowest BCUT2D eigenvalue weighted by Gasteiger charge is -2.21. The van der Waals surface area contributed by atoms with Crippen molar-refractivity contribution in [3.05, 3.63) is 0 Å². The van der Waals surface area contributed by atoms with E-state index >= 15 is 0 Å². The summed E-state index contributed by atoms with van der Waals surface area (Å²) in [6.07, 6.45) is 1.10. The van der Waals surface area contributed by atoms with Gasteiger partial charge in [-0.2, -0.15) is 0 Å². The zero-order valence-electron chi connectivity index (χ0n) is 12.0. The number of amides is 2. The molecule has 1 aliphatic heterocycles. The smallest absolute Gasteiger partial charge is 0.306 e. The Kier molecular flexibility index (Phi) is 7.00. The molecular weight excluding hydrogens is 262 g/mol. The van der Waals surface area contributed by atoms with E-state index in [2.05, 4.69) is 0 Å². The number of nitrogens with zero attached hydrogens (tertiary/aromatic N) is 2. The monoisotopic (exact) mass is 285 g/mol. The summed E-state index contributed by atoms with van der Waals surface area (Å²) in [6.45, 7) is 4.90. The molecule has 0 aromatic rings. The molecule has 0 aromatic heterocycles. The number of hydrogen-bond acceptors (Lipinski definition) is 5. The molecule has 2 N–H and O–H groups in total. The molecular formula is C13H23N3O4. The normalized spacial score (nSPS) is 16.6. The van der Waals surface area contributed by atoms with E-state index in [0.29, 0.717) is 26.2 Å². The number of primary amides is 1. The van der Waals surface area contributed by atoms with Crippen LogP contribution in [0, 0.1) is 0 Å². The number of carbonyl (C=O) groups excluding carboxylic acids is 3. The summed E-state index contributed by atoms with van der Waals surface area (Å²) in [5.74, 6) is -0.739. The van der Waals surface area contributed by atoms with E-state index in [0.717, 1.165) is 13.0 Å². The van der Waals surface area contributed by atoms with E-state index in [4.69, 9.17) is 10.5 Å². The molecule has 0 radical (unpaired) electrons. The molecule has 0 saturated carbocycles. The lowest BCUT2D eigenvalue weighted by molar-refractivity contribution is -0.145. The third-order valence-corrected chi connectivity index (χ3v) is 3.17. The molecule has 0 spiro atoms. The first-order valence-corrected chi connectivity index (χ1v) is 6.97. The minimum atomic E-state index is -0.355. The van der Waals surface area contributed by atoms with Gasteiger partial charge in [-0.05, 0) is 13.3 Å². The minimum Gasteiger partial charge on any atom is -0.466 e. The number of carbonyl (C=O) groups is 3. The molecule has 7 nitrogen and oxygen atoms in total. The lowest BCUT2D eigenvalue weighted by atomic mass is 10.2. The van der Waals surface area contributed by atoms with E-state index < -0.39 is 0 Å². The number of ether oxygens (including phenoxy) is 1. The van der Waals surface area contributed by atoms with Crippen LogP contribution in [0.15, 0.2) is 0 Å². The van der Waals surface area contributed by atoms with Crippen molar-refractivity contribution in [3.63, 3.8) is 0 Å². The van der Waals surface area contributed by atoms with Gasteiger partial charge in [0.15, 0.2) is 0 Å². The molecule has 0 bridgehead atoms. The minimum absolute atomic E-state index is 0.0426. The average Bonchev–Trinajstić information content (AvgIpc) is 2.61. The first-order valence-electron chi connectivity index (χ1n) is 6.97. The summed E-state index contributed by atoms with van der Waals surface area (Å²) in [4.78, 5) is 37.8. The van der Waals surface area contributed by atoms with Crippen molar-refractivity contribution in [3.8, 4) is 0 Å². The summed E-state index contributed by atoms with van der Waals surface area (Å²) < 4.78 is 4.80. The van der Waals surface area contributed by atoms with Crippen LogP contribution < -0.4 is 5.73 Å². The van der Waals surface area contributed by atoms with Crippen LogP contribution in [0.2, 0.25) is 0 Å².